The van der Waals surface area contributed by atoms with Crippen LogP contribution in [0.2, 0.25) is 0 Å². The highest BCUT2D eigenvalue weighted by Crippen LogP contribution is 2.51. The number of hydrogen-bond donors (Lipinski definition) is 0. The van der Waals surface area contributed by atoms with Crippen LogP contribution in [0, 0.1) is 5.41 Å². The minimum absolute atomic E-state index is 0.208. The Kier molecular flexibility index (Phi) is 3.87. The molecule has 0 N–H and O–H groups in total. The van der Waals surface area contributed by atoms with E-state index in [9.17, 15) is 4.79 Å². The van der Waals surface area contributed by atoms with Crippen LogP contribution in [0.25, 0.3) is 0 Å². The Hall–Kier alpha value is -0.830. The maximum atomic E-state index is 12.1. The van der Waals surface area contributed by atoms with E-state index in [0.29, 0.717) is 5.41 Å². The minimum Gasteiger partial charge on any atom is -0.339 e. The molecule has 1 saturated carbocycles. The number of amides is 1. The molecule has 1 saturated heterocycles. The van der Waals surface area contributed by atoms with E-state index in [1.807, 2.05) is 20.2 Å². The van der Waals surface area contributed by atoms with Gasteiger partial charge in [-0.25, -0.2) is 0 Å². The summed E-state index contributed by atoms with van der Waals surface area (Å²) in [7, 11) is 4.03. The van der Waals surface area contributed by atoms with Crippen molar-refractivity contribution >= 4 is 5.91 Å². The second-order valence-electron chi connectivity index (χ2n) is 5.88. The van der Waals surface area contributed by atoms with Crippen LogP contribution in [0.15, 0.2) is 12.2 Å². The van der Waals surface area contributed by atoms with Crippen molar-refractivity contribution < 1.29 is 4.79 Å². The fourth-order valence-electron chi connectivity index (χ4n) is 2.61. The third-order valence-corrected chi connectivity index (χ3v) is 3.91. The highest BCUT2D eigenvalue weighted by atomic mass is 16.2. The zero-order valence-electron chi connectivity index (χ0n) is 11.1. The predicted octanol–water partition coefficient (Wildman–Crippen LogP) is 1.90. The highest BCUT2D eigenvalue weighted by molar-refractivity contribution is 5.87. The van der Waals surface area contributed by atoms with Crippen molar-refractivity contribution in [1.29, 1.82) is 0 Å². The molecule has 2 aliphatic rings. The molecule has 96 valence electrons. The van der Waals surface area contributed by atoms with Crippen LogP contribution in [-0.4, -0.2) is 49.4 Å². The van der Waals surface area contributed by atoms with Crippen LogP contribution < -0.4 is 0 Å². The van der Waals surface area contributed by atoms with E-state index in [4.69, 9.17) is 0 Å². The topological polar surface area (TPSA) is 23.6 Å². The molecule has 2 fully saturated rings. The summed E-state index contributed by atoms with van der Waals surface area (Å²) in [6.45, 7) is 2.79. The van der Waals surface area contributed by atoms with Crippen molar-refractivity contribution in [2.24, 2.45) is 5.41 Å². The minimum atomic E-state index is 0.208. The molecule has 0 aromatic carbocycles. The van der Waals surface area contributed by atoms with Gasteiger partial charge in [-0.05, 0) is 45.2 Å². The summed E-state index contributed by atoms with van der Waals surface area (Å²) in [5, 5.41) is 0. The van der Waals surface area contributed by atoms with Gasteiger partial charge in [0.1, 0.15) is 0 Å². The van der Waals surface area contributed by atoms with Gasteiger partial charge in [-0.3, -0.25) is 4.79 Å². The lowest BCUT2D eigenvalue weighted by Crippen LogP contribution is -2.34. The van der Waals surface area contributed by atoms with Gasteiger partial charge in [0.05, 0.1) is 0 Å². The normalized spacial score (nSPS) is 23.4. The van der Waals surface area contributed by atoms with Gasteiger partial charge in [-0.2, -0.15) is 0 Å². The summed E-state index contributed by atoms with van der Waals surface area (Å²) < 4.78 is 0. The number of likely N-dealkylation sites (tertiary alicyclic amines) is 1. The first-order valence-corrected chi connectivity index (χ1v) is 6.72. The quantitative estimate of drug-likeness (QED) is 0.699. The molecule has 0 aromatic heterocycles. The highest BCUT2D eigenvalue weighted by Gasteiger charge is 2.44. The molecular formula is C14H24N2O. The molecule has 1 spiro atoms. The summed E-state index contributed by atoms with van der Waals surface area (Å²) in [6.07, 6.45) is 10.2. The van der Waals surface area contributed by atoms with Crippen molar-refractivity contribution in [3.63, 3.8) is 0 Å². The van der Waals surface area contributed by atoms with Crippen molar-refractivity contribution in [3.05, 3.63) is 12.2 Å². The molecule has 3 nitrogen and oxygen atoms in total. The lowest BCUT2D eigenvalue weighted by molar-refractivity contribution is -0.126. The first-order valence-electron chi connectivity index (χ1n) is 6.72. The van der Waals surface area contributed by atoms with Crippen LogP contribution in [0.3, 0.4) is 0 Å². The molecule has 0 bridgehead atoms. The van der Waals surface area contributed by atoms with Gasteiger partial charge < -0.3 is 9.80 Å². The number of carbonyl (C=O) groups is 1. The summed E-state index contributed by atoms with van der Waals surface area (Å²) >= 11 is 0. The fourth-order valence-corrected chi connectivity index (χ4v) is 2.61. The van der Waals surface area contributed by atoms with Crippen LogP contribution in [-0.2, 0) is 4.79 Å². The van der Waals surface area contributed by atoms with Crippen LogP contribution in [0.5, 0.6) is 0 Å². The maximum absolute atomic E-state index is 12.1. The fraction of sp³-hybridized carbons (Fsp3) is 0.786. The van der Waals surface area contributed by atoms with E-state index in [2.05, 4.69) is 9.80 Å². The second-order valence-corrected chi connectivity index (χ2v) is 5.88. The Morgan fingerprint density at radius 3 is 2.71 bits per heavy atom. The number of nitrogens with zero attached hydrogens (tertiary/aromatic N) is 2. The molecule has 17 heavy (non-hydrogen) atoms. The summed E-state index contributed by atoms with van der Waals surface area (Å²) in [6, 6.07) is 0. The van der Waals surface area contributed by atoms with E-state index >= 15 is 0 Å². The van der Waals surface area contributed by atoms with Gasteiger partial charge in [0.15, 0.2) is 0 Å². The molecule has 1 aliphatic carbocycles. The monoisotopic (exact) mass is 236 g/mol. The van der Waals surface area contributed by atoms with Crippen molar-refractivity contribution in [1.82, 2.24) is 9.80 Å². The van der Waals surface area contributed by atoms with E-state index in [0.717, 1.165) is 19.6 Å². The smallest absolute Gasteiger partial charge is 0.246 e. The van der Waals surface area contributed by atoms with Gasteiger partial charge >= 0.3 is 0 Å². The summed E-state index contributed by atoms with van der Waals surface area (Å²) in [5.41, 5.74) is 0.515. The van der Waals surface area contributed by atoms with E-state index in [1.54, 1.807) is 6.08 Å². The molecule has 1 amide bonds. The number of likely N-dealkylation sites (N-methyl/N-ethyl adjacent to an activating group) is 1. The molecular weight excluding hydrogens is 212 g/mol. The van der Waals surface area contributed by atoms with Crippen LogP contribution >= 0.6 is 0 Å². The van der Waals surface area contributed by atoms with Gasteiger partial charge in [0, 0.05) is 25.7 Å². The maximum Gasteiger partial charge on any atom is 0.246 e. The van der Waals surface area contributed by atoms with Gasteiger partial charge in [-0.1, -0.05) is 12.5 Å². The summed E-state index contributed by atoms with van der Waals surface area (Å²) in [5.74, 6) is 0.208. The Bertz CT molecular complexity index is 305. The van der Waals surface area contributed by atoms with E-state index in [1.165, 1.54) is 32.1 Å². The van der Waals surface area contributed by atoms with Crippen molar-refractivity contribution in [3.8, 4) is 0 Å². The number of rotatable bonds is 3. The third-order valence-electron chi connectivity index (χ3n) is 3.91. The average Bonchev–Trinajstić information content (AvgIpc) is 3.06. The van der Waals surface area contributed by atoms with E-state index < -0.39 is 0 Å². The summed E-state index contributed by atoms with van der Waals surface area (Å²) in [4.78, 5) is 16.2. The lowest BCUT2D eigenvalue weighted by Gasteiger charge is -2.23. The molecule has 0 unspecified atom stereocenters. The zero-order chi connectivity index (χ0) is 12.3. The van der Waals surface area contributed by atoms with Crippen molar-refractivity contribution in [2.75, 3.05) is 33.7 Å². The van der Waals surface area contributed by atoms with Gasteiger partial charge in [-0.15, -0.1) is 0 Å². The Morgan fingerprint density at radius 2 is 2.06 bits per heavy atom. The molecule has 2 rings (SSSR count). The Morgan fingerprint density at radius 1 is 1.29 bits per heavy atom. The molecule has 0 aromatic rings. The third kappa shape index (κ3) is 3.56. The number of hydrogen-bond acceptors (Lipinski definition) is 2. The second kappa shape index (κ2) is 5.21. The molecule has 0 atom stereocenters. The largest absolute Gasteiger partial charge is 0.339 e. The van der Waals surface area contributed by atoms with Crippen LogP contribution in [0.4, 0.5) is 0 Å². The van der Waals surface area contributed by atoms with E-state index in [-0.39, 0.29) is 5.91 Å². The SMILES string of the molecule is CN(C)C/C=C/C(=O)N1CCCCC2(CC2)C1. The van der Waals surface area contributed by atoms with Gasteiger partial charge in [0.25, 0.3) is 0 Å². The standard InChI is InChI=1S/C14H24N2O/c1-15(2)10-5-6-13(17)16-11-4-3-7-14(12-16)8-9-14/h5-6H,3-4,7-12H2,1-2H3/b6-5+. The first kappa shape index (κ1) is 12.6. The lowest BCUT2D eigenvalue weighted by atomic mass is 10.0. The molecule has 1 heterocycles. The Labute approximate surface area is 104 Å². The van der Waals surface area contributed by atoms with Gasteiger partial charge in [0.2, 0.25) is 5.91 Å². The molecule has 0 radical (unpaired) electrons. The first-order chi connectivity index (χ1) is 8.11. The van der Waals surface area contributed by atoms with Crippen LogP contribution in [0.1, 0.15) is 32.1 Å². The van der Waals surface area contributed by atoms with Crippen molar-refractivity contribution in [2.45, 2.75) is 32.1 Å². The zero-order valence-corrected chi connectivity index (χ0v) is 11.1. The predicted molar refractivity (Wildman–Crippen MR) is 69.8 cm³/mol. The average molecular weight is 236 g/mol. The molecule has 3 heteroatoms. The Balaban J connectivity index is 1.87. The molecule has 1 aliphatic heterocycles. The number of carbonyl (C=O) groups excluding carboxylic acids is 1.